The van der Waals surface area contributed by atoms with Crippen LogP contribution in [0.3, 0.4) is 0 Å². The van der Waals surface area contributed by atoms with Crippen molar-refractivity contribution in [3.63, 3.8) is 0 Å². The van der Waals surface area contributed by atoms with Crippen LogP contribution in [-0.4, -0.2) is 79.6 Å². The molecule has 34 heavy (non-hydrogen) atoms. The molecule has 0 aromatic rings. The molecule has 0 bridgehead atoms. The van der Waals surface area contributed by atoms with Gasteiger partial charge < -0.3 is 21.3 Å². The molecule has 1 aliphatic rings. The Kier molecular flexibility index (Phi) is 12.9. The molecule has 1 rings (SSSR count). The van der Waals surface area contributed by atoms with Gasteiger partial charge in [0.2, 0.25) is 0 Å². The number of carbonyl (C=O) groups excluding carboxylic acids is 1. The van der Waals surface area contributed by atoms with E-state index in [2.05, 4.69) is 64.0 Å². The molecule has 182 valence electrons. The number of allylic oxidation sites excluding steroid dienone is 3. The van der Waals surface area contributed by atoms with Gasteiger partial charge in [-0.2, -0.15) is 9.68 Å². The highest BCUT2D eigenvalue weighted by Gasteiger charge is 2.26. The third-order valence-corrected chi connectivity index (χ3v) is 4.72. The number of nitrogens with one attached hydrogen (secondary N) is 2. The largest absolute Gasteiger partial charge is 0.434 e. The molecule has 0 radical (unpaired) electrons. The molecule has 1 atom stereocenters. The first-order valence-corrected chi connectivity index (χ1v) is 10.9. The Balaban J connectivity index is 2.73. The normalized spacial score (nSPS) is 15.9. The molecule has 0 spiro atoms. The molecule has 10 nitrogen and oxygen atoms in total. The van der Waals surface area contributed by atoms with Gasteiger partial charge in [0.25, 0.3) is 0 Å². The van der Waals surface area contributed by atoms with Crippen molar-refractivity contribution in [2.24, 2.45) is 25.9 Å². The van der Waals surface area contributed by atoms with Crippen molar-refractivity contribution in [3.8, 4) is 0 Å². The van der Waals surface area contributed by atoms with E-state index < -0.39 is 0 Å². The lowest BCUT2D eigenvalue weighted by Gasteiger charge is -2.20. The summed E-state index contributed by atoms with van der Waals surface area (Å²) in [7, 11) is 0. The minimum atomic E-state index is -0.0911. The summed E-state index contributed by atoms with van der Waals surface area (Å²) in [5.74, 6) is 0.136. The van der Waals surface area contributed by atoms with Crippen molar-refractivity contribution < 1.29 is 9.37 Å². The zero-order valence-electron chi connectivity index (χ0n) is 20.0. The molecule has 0 aliphatic carbocycles. The number of hydrogen-bond donors (Lipinski definition) is 3. The standard InChI is InChI=1S/C24H36N9O/c1-7-11-21(26-5)20(4)31-24(25)28-13-10-9-12-22(30-19(3)8-2)23(34)33-16-14-32(15-17-33)18-29-27-6/h7-8,11-12,16,18-19,30H,1-2,4-6,9-10,13-15,17H2,3H3,(H3,25,28,31)/q+1. The summed E-state index contributed by atoms with van der Waals surface area (Å²) in [5.41, 5.74) is 7.45. The van der Waals surface area contributed by atoms with Crippen LogP contribution < -0.4 is 16.4 Å². The first kappa shape index (κ1) is 28.0. The average molecular weight is 467 g/mol. The number of nitrogens with two attached hydrogens (primary N) is 1. The lowest BCUT2D eigenvalue weighted by Crippen LogP contribution is -2.43. The fourth-order valence-electron chi connectivity index (χ4n) is 2.84. The van der Waals surface area contributed by atoms with Gasteiger partial charge in [0.1, 0.15) is 12.0 Å². The van der Waals surface area contributed by atoms with E-state index in [4.69, 9.17) is 5.73 Å². The van der Waals surface area contributed by atoms with E-state index in [0.29, 0.717) is 56.1 Å². The van der Waals surface area contributed by atoms with E-state index >= 15 is 0 Å². The number of nitrogens with zero attached hydrogens (tertiary/aromatic N) is 6. The van der Waals surface area contributed by atoms with Crippen LogP contribution >= 0.6 is 0 Å². The lowest BCUT2D eigenvalue weighted by molar-refractivity contribution is -0.446. The minimum Gasteiger partial charge on any atom is -0.371 e. The van der Waals surface area contributed by atoms with Gasteiger partial charge >= 0.3 is 5.91 Å². The molecule has 1 amide bonds. The van der Waals surface area contributed by atoms with Crippen molar-refractivity contribution in [1.82, 2.24) is 15.5 Å². The summed E-state index contributed by atoms with van der Waals surface area (Å²) in [6.07, 6.45) is 11.7. The third kappa shape index (κ3) is 10.0. The SMILES string of the molecule is C=CC=C(N=C)C(=C)NC(N)=NCCCC=C(NC(C)C=C)C(=O)[N+]1=CCN(C=NN=C)CC1. The molecule has 1 heterocycles. The predicted molar refractivity (Wildman–Crippen MR) is 143 cm³/mol. The maximum absolute atomic E-state index is 13.1. The molecule has 10 heteroatoms. The average Bonchev–Trinajstić information content (AvgIpc) is 2.84. The van der Waals surface area contributed by atoms with Crippen LogP contribution in [0.25, 0.3) is 0 Å². The van der Waals surface area contributed by atoms with Crippen LogP contribution in [0.4, 0.5) is 0 Å². The molecule has 0 aromatic carbocycles. The van der Waals surface area contributed by atoms with Crippen molar-refractivity contribution >= 4 is 37.9 Å². The maximum Gasteiger partial charge on any atom is 0.434 e. The molecule has 0 saturated heterocycles. The van der Waals surface area contributed by atoms with Crippen LogP contribution in [0.1, 0.15) is 19.8 Å². The summed E-state index contributed by atoms with van der Waals surface area (Å²) in [4.78, 5) is 23.2. The lowest BCUT2D eigenvalue weighted by atomic mass is 10.2. The second-order valence-electron chi connectivity index (χ2n) is 7.29. The zero-order valence-corrected chi connectivity index (χ0v) is 20.0. The number of rotatable bonds is 14. The van der Waals surface area contributed by atoms with Crippen LogP contribution in [-0.2, 0) is 4.79 Å². The van der Waals surface area contributed by atoms with Crippen molar-refractivity contribution in [2.45, 2.75) is 25.8 Å². The smallest absolute Gasteiger partial charge is 0.371 e. The van der Waals surface area contributed by atoms with Gasteiger partial charge in [-0.15, -0.1) is 11.7 Å². The predicted octanol–water partition coefficient (Wildman–Crippen LogP) is 1.57. The van der Waals surface area contributed by atoms with Crippen molar-refractivity contribution in [3.05, 3.63) is 61.1 Å². The van der Waals surface area contributed by atoms with Gasteiger partial charge in [0, 0.05) is 19.3 Å². The Morgan fingerprint density at radius 2 is 2.12 bits per heavy atom. The number of carbonyl (C=O) groups is 1. The fraction of sp³-hybridized carbons (Fsp3) is 0.333. The van der Waals surface area contributed by atoms with Crippen LogP contribution in [0, 0.1) is 0 Å². The monoisotopic (exact) mass is 466 g/mol. The number of unbranched alkanes of at least 4 members (excludes halogenated alkanes) is 1. The highest BCUT2D eigenvalue weighted by Crippen LogP contribution is 2.06. The number of aliphatic imine (C=N–C) groups is 2. The maximum atomic E-state index is 13.1. The van der Waals surface area contributed by atoms with E-state index in [-0.39, 0.29) is 17.9 Å². The second-order valence-corrected chi connectivity index (χ2v) is 7.29. The van der Waals surface area contributed by atoms with Gasteiger partial charge in [0.05, 0.1) is 24.5 Å². The van der Waals surface area contributed by atoms with Crippen molar-refractivity contribution in [2.75, 3.05) is 26.2 Å². The summed E-state index contributed by atoms with van der Waals surface area (Å²) in [5, 5.41) is 13.3. The summed E-state index contributed by atoms with van der Waals surface area (Å²) < 4.78 is 1.70. The van der Waals surface area contributed by atoms with E-state index in [1.807, 2.05) is 24.1 Å². The van der Waals surface area contributed by atoms with Gasteiger partial charge in [0.15, 0.2) is 18.7 Å². The first-order valence-electron chi connectivity index (χ1n) is 10.9. The number of hydrogen-bond acceptors (Lipinski definition) is 6. The molecule has 0 fully saturated rings. The zero-order chi connectivity index (χ0) is 25.3. The molecule has 4 N–H and O–H groups in total. The fourth-order valence-corrected chi connectivity index (χ4v) is 2.84. The Hall–Kier alpha value is -4.08. The van der Waals surface area contributed by atoms with Crippen molar-refractivity contribution in [1.29, 1.82) is 0 Å². The summed E-state index contributed by atoms with van der Waals surface area (Å²) >= 11 is 0. The highest BCUT2D eigenvalue weighted by molar-refractivity contribution is 5.88. The van der Waals surface area contributed by atoms with Gasteiger partial charge in [-0.05, 0) is 32.6 Å². The Labute approximate surface area is 202 Å². The Morgan fingerprint density at radius 1 is 1.35 bits per heavy atom. The number of amides is 1. The molecule has 1 aliphatic heterocycles. The van der Waals surface area contributed by atoms with E-state index in [9.17, 15) is 4.79 Å². The Bertz CT molecular complexity index is 925. The van der Waals surface area contributed by atoms with E-state index in [1.54, 1.807) is 29.1 Å². The Morgan fingerprint density at radius 3 is 2.71 bits per heavy atom. The topological polar surface area (TPSA) is 123 Å². The molecular weight excluding hydrogens is 430 g/mol. The van der Waals surface area contributed by atoms with E-state index in [1.165, 1.54) is 0 Å². The van der Waals surface area contributed by atoms with E-state index in [0.717, 1.165) is 0 Å². The van der Waals surface area contributed by atoms with Gasteiger partial charge in [-0.3, -0.25) is 9.98 Å². The first-order chi connectivity index (χ1) is 16.4. The highest BCUT2D eigenvalue weighted by atomic mass is 16.2. The van der Waals surface area contributed by atoms with Gasteiger partial charge in [-0.1, -0.05) is 31.4 Å². The summed E-state index contributed by atoms with van der Waals surface area (Å²) in [6, 6.07) is -0.0533. The molecule has 1 unspecified atom stereocenters. The third-order valence-electron chi connectivity index (χ3n) is 4.72. The minimum absolute atomic E-state index is 0.0533. The van der Waals surface area contributed by atoms with Crippen LogP contribution in [0.15, 0.2) is 81.3 Å². The van der Waals surface area contributed by atoms with Crippen LogP contribution in [0.2, 0.25) is 0 Å². The number of guanidine groups is 1. The molecular formula is C24H36N9O+. The summed E-state index contributed by atoms with van der Waals surface area (Å²) in [6.45, 7) is 22.2. The van der Waals surface area contributed by atoms with Gasteiger partial charge in [-0.25, -0.2) is 4.79 Å². The van der Waals surface area contributed by atoms with Crippen LogP contribution in [0.5, 0.6) is 0 Å². The molecule has 0 aromatic heterocycles. The molecule has 0 saturated carbocycles. The quantitative estimate of drug-likeness (QED) is 0.0524. The second kappa shape index (κ2) is 15.7.